The quantitative estimate of drug-likeness (QED) is 0.236. The molecule has 0 spiro atoms. The van der Waals surface area contributed by atoms with Crippen LogP contribution in [0, 0.1) is 13.8 Å². The Hall–Kier alpha value is -3.82. The first kappa shape index (κ1) is 24.9. The first-order valence-electron chi connectivity index (χ1n) is 12.2. The van der Waals surface area contributed by atoms with Crippen molar-refractivity contribution in [3.05, 3.63) is 76.7 Å². The maximum atomic E-state index is 12.0. The summed E-state index contributed by atoms with van der Waals surface area (Å²) in [6.07, 6.45) is 4.18. The molecule has 4 aromatic rings. The number of ether oxygens (including phenoxy) is 2. The lowest BCUT2D eigenvalue weighted by molar-refractivity contribution is -0.138. The highest BCUT2D eigenvalue weighted by molar-refractivity contribution is 7.19. The van der Waals surface area contributed by atoms with E-state index < -0.39 is 0 Å². The predicted molar refractivity (Wildman–Crippen MR) is 146 cm³/mol. The fourth-order valence-electron chi connectivity index (χ4n) is 4.40. The fraction of sp³-hybridized carbons (Fsp3) is 0.286. The van der Waals surface area contributed by atoms with Crippen LogP contribution >= 0.6 is 11.3 Å². The molecule has 4 heterocycles. The Morgan fingerprint density at radius 3 is 2.81 bits per heavy atom. The average molecular weight is 516 g/mol. The Morgan fingerprint density at radius 2 is 2.05 bits per heavy atom. The minimum Gasteiger partial charge on any atom is -0.463 e. The zero-order valence-electron chi connectivity index (χ0n) is 21.2. The van der Waals surface area contributed by atoms with Crippen molar-refractivity contribution >= 4 is 39.0 Å². The van der Waals surface area contributed by atoms with Crippen LogP contribution in [-0.2, 0) is 22.5 Å². The standard InChI is InChI=1S/C28H29N5O3S/c1-5-35-28(34)18(3)14-33-11-10-22-24(15-33)37-27-25(22)26(30-16-31-27)32-20-7-9-23(17(2)12-20)36-21-8-6-19(4)29-13-21/h6-9,12-13,16H,3,5,10-11,14-15H2,1-2,4H3,(H,30,31,32). The number of hydrogen-bond acceptors (Lipinski definition) is 9. The summed E-state index contributed by atoms with van der Waals surface area (Å²) in [5, 5.41) is 4.56. The molecule has 0 atom stereocenters. The molecule has 1 N–H and O–H groups in total. The van der Waals surface area contributed by atoms with Crippen molar-refractivity contribution in [2.75, 3.05) is 25.0 Å². The topological polar surface area (TPSA) is 89.5 Å². The van der Waals surface area contributed by atoms with E-state index in [9.17, 15) is 4.79 Å². The van der Waals surface area contributed by atoms with Crippen molar-refractivity contribution in [2.45, 2.75) is 33.7 Å². The number of nitrogens with one attached hydrogen (secondary N) is 1. The first-order valence-corrected chi connectivity index (χ1v) is 13.0. The second-order valence-electron chi connectivity index (χ2n) is 9.03. The van der Waals surface area contributed by atoms with Gasteiger partial charge in [-0.25, -0.2) is 14.8 Å². The number of anilines is 2. The maximum Gasteiger partial charge on any atom is 0.334 e. The molecular weight excluding hydrogens is 486 g/mol. The van der Waals surface area contributed by atoms with E-state index in [1.54, 1.807) is 30.8 Å². The number of thiophene rings is 1. The minimum atomic E-state index is -0.329. The van der Waals surface area contributed by atoms with E-state index in [0.717, 1.165) is 58.2 Å². The van der Waals surface area contributed by atoms with Crippen LogP contribution in [0.5, 0.6) is 11.5 Å². The molecule has 3 aromatic heterocycles. The van der Waals surface area contributed by atoms with E-state index in [4.69, 9.17) is 9.47 Å². The number of rotatable bonds is 8. The highest BCUT2D eigenvalue weighted by atomic mass is 32.1. The molecule has 0 aliphatic carbocycles. The van der Waals surface area contributed by atoms with Gasteiger partial charge in [-0.15, -0.1) is 11.3 Å². The van der Waals surface area contributed by atoms with Crippen molar-refractivity contribution in [2.24, 2.45) is 0 Å². The number of nitrogens with zero attached hydrogens (tertiary/aromatic N) is 4. The third-order valence-electron chi connectivity index (χ3n) is 6.24. The van der Waals surface area contributed by atoms with Gasteiger partial charge in [0.05, 0.1) is 18.2 Å². The van der Waals surface area contributed by atoms with Crippen LogP contribution in [0.3, 0.4) is 0 Å². The zero-order valence-corrected chi connectivity index (χ0v) is 22.0. The number of aryl methyl sites for hydroxylation is 2. The molecular formula is C28H29N5O3S. The lowest BCUT2D eigenvalue weighted by Gasteiger charge is -2.27. The van der Waals surface area contributed by atoms with Gasteiger partial charge in [-0.2, -0.15) is 0 Å². The molecule has 37 heavy (non-hydrogen) atoms. The van der Waals surface area contributed by atoms with E-state index in [0.29, 0.717) is 24.5 Å². The highest BCUT2D eigenvalue weighted by Crippen LogP contribution is 2.38. The molecule has 0 saturated carbocycles. The van der Waals surface area contributed by atoms with Crippen LogP contribution in [0.4, 0.5) is 11.5 Å². The van der Waals surface area contributed by atoms with E-state index in [1.165, 1.54) is 10.4 Å². The van der Waals surface area contributed by atoms with Gasteiger partial charge in [-0.1, -0.05) is 6.58 Å². The second-order valence-corrected chi connectivity index (χ2v) is 10.1. The van der Waals surface area contributed by atoms with Crippen molar-refractivity contribution in [1.29, 1.82) is 0 Å². The summed E-state index contributed by atoms with van der Waals surface area (Å²) >= 11 is 1.68. The van der Waals surface area contributed by atoms with Gasteiger partial charge in [0.15, 0.2) is 0 Å². The van der Waals surface area contributed by atoms with Crippen molar-refractivity contribution in [3.8, 4) is 11.5 Å². The molecule has 9 heteroatoms. The van der Waals surface area contributed by atoms with Gasteiger partial charge >= 0.3 is 5.97 Å². The first-order chi connectivity index (χ1) is 17.9. The van der Waals surface area contributed by atoms with Gasteiger partial charge < -0.3 is 14.8 Å². The monoisotopic (exact) mass is 515 g/mol. The Balaban J connectivity index is 1.33. The maximum absolute atomic E-state index is 12.0. The second kappa shape index (κ2) is 10.7. The van der Waals surface area contributed by atoms with Crippen molar-refractivity contribution in [1.82, 2.24) is 19.9 Å². The van der Waals surface area contributed by atoms with Crippen LogP contribution in [-0.4, -0.2) is 45.5 Å². The van der Waals surface area contributed by atoms with Gasteiger partial charge in [-0.3, -0.25) is 9.88 Å². The number of pyridine rings is 1. The van der Waals surface area contributed by atoms with E-state index in [1.807, 2.05) is 44.2 Å². The summed E-state index contributed by atoms with van der Waals surface area (Å²) in [4.78, 5) is 29.8. The van der Waals surface area contributed by atoms with Crippen LogP contribution in [0.25, 0.3) is 10.2 Å². The van der Waals surface area contributed by atoms with Crippen LogP contribution < -0.4 is 10.1 Å². The molecule has 0 amide bonds. The number of carbonyl (C=O) groups is 1. The summed E-state index contributed by atoms with van der Waals surface area (Å²) in [6.45, 7) is 12.1. The lowest BCUT2D eigenvalue weighted by Crippen LogP contribution is -2.33. The van der Waals surface area contributed by atoms with Crippen LogP contribution in [0.1, 0.15) is 28.6 Å². The smallest absolute Gasteiger partial charge is 0.334 e. The van der Waals surface area contributed by atoms with Gasteiger partial charge in [0.1, 0.15) is 28.5 Å². The van der Waals surface area contributed by atoms with Gasteiger partial charge in [-0.05, 0) is 68.7 Å². The Bertz CT molecular complexity index is 1460. The summed E-state index contributed by atoms with van der Waals surface area (Å²) in [5.41, 5.74) is 4.63. The molecule has 1 aliphatic rings. The molecule has 0 saturated heterocycles. The number of aromatic nitrogens is 3. The molecule has 0 fully saturated rings. The molecule has 0 unspecified atom stereocenters. The van der Waals surface area contributed by atoms with E-state index >= 15 is 0 Å². The minimum absolute atomic E-state index is 0.329. The molecule has 5 rings (SSSR count). The van der Waals surface area contributed by atoms with Gasteiger partial charge in [0, 0.05) is 41.5 Å². The number of hydrogen-bond donors (Lipinski definition) is 1. The Morgan fingerprint density at radius 1 is 1.19 bits per heavy atom. The van der Waals surface area contributed by atoms with Crippen LogP contribution in [0.2, 0.25) is 0 Å². The average Bonchev–Trinajstić information content (AvgIpc) is 3.26. The van der Waals surface area contributed by atoms with Gasteiger partial charge in [0.2, 0.25) is 0 Å². The summed E-state index contributed by atoms with van der Waals surface area (Å²) in [6, 6.07) is 9.83. The van der Waals surface area contributed by atoms with E-state index in [-0.39, 0.29) is 5.97 Å². The predicted octanol–water partition coefficient (Wildman–Crippen LogP) is 5.72. The number of benzene rings is 1. The normalized spacial score (nSPS) is 13.3. The fourth-order valence-corrected chi connectivity index (χ4v) is 5.63. The molecule has 1 aromatic carbocycles. The summed E-state index contributed by atoms with van der Waals surface area (Å²) < 4.78 is 11.1. The molecule has 0 bridgehead atoms. The number of esters is 1. The van der Waals surface area contributed by atoms with Crippen LogP contribution in [0.15, 0.2) is 55.0 Å². The third kappa shape index (κ3) is 5.47. The molecule has 0 radical (unpaired) electrons. The van der Waals surface area contributed by atoms with Crippen molar-refractivity contribution < 1.29 is 14.3 Å². The number of fused-ring (bicyclic) bond motifs is 3. The SMILES string of the molecule is C=C(CN1CCc2c(sc3ncnc(Nc4ccc(Oc5ccc(C)nc5)c(C)c4)c23)C1)C(=O)OCC. The zero-order chi connectivity index (χ0) is 25.9. The summed E-state index contributed by atoms with van der Waals surface area (Å²) in [7, 11) is 0. The Kier molecular flexibility index (Phi) is 7.16. The Labute approximate surface area is 220 Å². The molecule has 190 valence electrons. The molecule has 8 nitrogen and oxygen atoms in total. The van der Waals surface area contributed by atoms with Crippen molar-refractivity contribution in [3.63, 3.8) is 0 Å². The lowest BCUT2D eigenvalue weighted by atomic mass is 10.0. The van der Waals surface area contributed by atoms with E-state index in [2.05, 4.69) is 31.7 Å². The molecule has 1 aliphatic heterocycles. The number of carbonyl (C=O) groups excluding carboxylic acids is 1. The summed E-state index contributed by atoms with van der Waals surface area (Å²) in [5.74, 6) is 1.95. The third-order valence-corrected chi connectivity index (χ3v) is 7.37. The highest BCUT2D eigenvalue weighted by Gasteiger charge is 2.25. The largest absolute Gasteiger partial charge is 0.463 e. The van der Waals surface area contributed by atoms with Gasteiger partial charge in [0.25, 0.3) is 0 Å².